The molecule has 0 bridgehead atoms. The molecule has 0 spiro atoms. The van der Waals surface area contributed by atoms with Crippen molar-refractivity contribution in [3.63, 3.8) is 0 Å². The van der Waals surface area contributed by atoms with E-state index in [9.17, 15) is 0 Å². The summed E-state index contributed by atoms with van der Waals surface area (Å²) in [6, 6.07) is 160. The summed E-state index contributed by atoms with van der Waals surface area (Å²) >= 11 is 0. The molecule has 12 heteroatoms. The first kappa shape index (κ1) is 84.9. The second-order valence-electron chi connectivity index (χ2n) is 40.5. The highest BCUT2D eigenvalue weighted by Crippen LogP contribution is 2.52. The highest BCUT2D eigenvalue weighted by Gasteiger charge is 2.28. The fraction of sp³-hybridized carbons (Fsp3) is 0.0435. The van der Waals surface area contributed by atoms with Gasteiger partial charge in [-0.3, -0.25) is 0 Å². The van der Waals surface area contributed by atoms with Gasteiger partial charge in [0.05, 0.1) is 0 Å². The minimum Gasteiger partial charge on any atom is -0.456 e. The molecule has 8 heterocycles. The Morgan fingerprint density at radius 1 is 0.127 bits per heavy atom. The van der Waals surface area contributed by atoms with E-state index in [2.05, 4.69) is 484 Å². The Hall–Kier alpha value is -19.6. The van der Waals surface area contributed by atoms with Crippen molar-refractivity contribution in [2.45, 2.75) is 39.5 Å². The molecule has 0 N–H and O–H groups in total. The van der Waals surface area contributed by atoms with Crippen LogP contribution in [-0.4, -0.2) is 0 Å². The molecule has 150 heavy (non-hydrogen) atoms. The first-order chi connectivity index (χ1) is 73.9. The van der Waals surface area contributed by atoms with Crippen LogP contribution >= 0.6 is 0 Å². The molecular formula is C138H88N4O8. The van der Waals surface area contributed by atoms with E-state index in [1.807, 2.05) is 12.1 Å². The van der Waals surface area contributed by atoms with Gasteiger partial charge in [-0.2, -0.15) is 0 Å². The molecule has 0 aliphatic heterocycles. The predicted molar refractivity (Wildman–Crippen MR) is 623 cm³/mol. The van der Waals surface area contributed by atoms with Crippen molar-refractivity contribution in [2.24, 2.45) is 0 Å². The minimum absolute atomic E-state index is 0.417. The van der Waals surface area contributed by atoms with E-state index in [4.69, 9.17) is 35.3 Å². The standard InChI is InChI=1S/C72H50N2O4.C66H38N2O4/c1-41(2)43-13-19-49(20-14-43)73(53-25-29-59-69(39-53)75-63-31-17-45-9-5-7-11-55(45)71(59)63)51-23-27-57-61-33-47-36-66-62(34-48(47)35-65(61)77-67(57)37-51)58-28-24-52(38-68(58)78-66)74(50-21-15-44(16-22-50)42(3)4)54-26-30-60-70(40-54)76-64-32-18-46-10-6-8-12-56(46)72(60)64;1-3-13-43(14-4-1)67(47-23-27-53-63(37-47)69-57-29-19-39-11-7-9-17-49(39)65(53)57)45-21-25-51-55-31-41-34-60-56(32-42(41)33-59(55)71-61(51)35-45)52-26-22-46(36-62(52)72-60)68(44-15-5-2-6-16-44)48-24-28-54-64(38-48)70-58-30-20-40-12-8-10-18-50(40)66(54)58/h5-42H,1-4H3;1-38H. The molecule has 0 atom stereocenters. The van der Waals surface area contributed by atoms with Crippen molar-refractivity contribution in [1.82, 2.24) is 0 Å². The third-order valence-corrected chi connectivity index (χ3v) is 31.1. The Bertz CT molecular complexity index is 10600. The monoisotopic (exact) mass is 1930 g/mol. The summed E-state index contributed by atoms with van der Waals surface area (Å²) in [6.07, 6.45) is 0. The second-order valence-corrected chi connectivity index (χ2v) is 40.5. The fourth-order valence-electron chi connectivity index (χ4n) is 23.8. The number of benzene rings is 24. The second kappa shape index (κ2) is 33.0. The summed E-state index contributed by atoms with van der Waals surface area (Å²) in [4.78, 5) is 9.12. The van der Waals surface area contributed by atoms with Gasteiger partial charge in [-0.1, -0.05) is 210 Å². The predicted octanol–water partition coefficient (Wildman–Crippen LogP) is 41.6. The quantitative estimate of drug-likeness (QED) is 0.103. The van der Waals surface area contributed by atoms with Crippen LogP contribution in [0.5, 0.6) is 0 Å². The molecule has 32 rings (SSSR count). The first-order valence-corrected chi connectivity index (χ1v) is 51.3. The van der Waals surface area contributed by atoms with Gasteiger partial charge in [-0.15, -0.1) is 0 Å². The van der Waals surface area contributed by atoms with Crippen molar-refractivity contribution in [3.8, 4) is 0 Å². The van der Waals surface area contributed by atoms with Gasteiger partial charge in [-0.25, -0.2) is 0 Å². The number of hydrogen-bond donors (Lipinski definition) is 0. The van der Waals surface area contributed by atoms with E-state index in [1.54, 1.807) is 0 Å². The van der Waals surface area contributed by atoms with Crippen molar-refractivity contribution in [3.05, 3.63) is 460 Å². The fourth-order valence-corrected chi connectivity index (χ4v) is 23.8. The third kappa shape index (κ3) is 13.5. The third-order valence-electron chi connectivity index (χ3n) is 31.1. The Morgan fingerprint density at radius 2 is 0.313 bits per heavy atom. The lowest BCUT2D eigenvalue weighted by Gasteiger charge is -2.26. The maximum absolute atomic E-state index is 6.83. The number of nitrogens with zero attached hydrogens (tertiary/aromatic N) is 4. The van der Waals surface area contributed by atoms with Crippen molar-refractivity contribution < 1.29 is 35.3 Å². The van der Waals surface area contributed by atoms with E-state index in [1.165, 1.54) is 54.2 Å². The SMILES string of the molecule is CC(C)c1ccc(N(c2ccc3c(c2)oc2cc4cc5c(cc4cc23)oc2cc(N(c3ccc(C(C)C)cc3)c3ccc4c(c3)oc3ccc6ccccc6c34)ccc25)c2ccc3c(c2)oc2ccc4ccccc4c23)cc1.c1ccc(N(c2ccc3c(c2)oc2cc4cc5c(cc4cc23)oc2cc(N(c3ccccc3)c3ccc4c(c3)oc3ccc6ccccc6c34)ccc25)c2ccc3c(c2)oc2ccc4ccccc4c23)cc1. The van der Waals surface area contributed by atoms with Gasteiger partial charge in [0.1, 0.15) is 89.3 Å². The summed E-state index contributed by atoms with van der Waals surface area (Å²) in [7, 11) is 0. The zero-order chi connectivity index (χ0) is 98.9. The van der Waals surface area contributed by atoms with Crippen LogP contribution in [0.25, 0.3) is 240 Å². The summed E-state index contributed by atoms with van der Waals surface area (Å²) in [5, 5.41) is 31.2. The first-order valence-electron chi connectivity index (χ1n) is 51.3. The number of anilines is 12. The lowest BCUT2D eigenvalue weighted by Crippen LogP contribution is -2.10. The summed E-state index contributed by atoms with van der Waals surface area (Å²) in [6.45, 7) is 8.92. The van der Waals surface area contributed by atoms with Crippen LogP contribution in [0.4, 0.5) is 68.2 Å². The average Bonchev–Trinajstić information content (AvgIpc) is 1.59. The zero-order valence-electron chi connectivity index (χ0n) is 81.9. The molecular weight excluding hydrogens is 1840 g/mol. The largest absolute Gasteiger partial charge is 0.456 e. The minimum atomic E-state index is 0.417. The average molecular weight is 1930 g/mol. The molecule has 0 aliphatic rings. The van der Waals surface area contributed by atoms with Gasteiger partial charge < -0.3 is 54.9 Å². The van der Waals surface area contributed by atoms with E-state index in [0.29, 0.717) is 11.8 Å². The smallest absolute Gasteiger partial charge is 0.137 e. The van der Waals surface area contributed by atoms with Gasteiger partial charge in [0.2, 0.25) is 0 Å². The van der Waals surface area contributed by atoms with Crippen LogP contribution in [0, 0.1) is 0 Å². The molecule has 0 radical (unpaired) electrons. The molecule has 0 fully saturated rings. The maximum Gasteiger partial charge on any atom is 0.137 e. The van der Waals surface area contributed by atoms with E-state index >= 15 is 0 Å². The van der Waals surface area contributed by atoms with Crippen LogP contribution in [0.15, 0.2) is 484 Å². The van der Waals surface area contributed by atoms with Crippen LogP contribution in [0.1, 0.15) is 50.7 Å². The molecule has 708 valence electrons. The van der Waals surface area contributed by atoms with Gasteiger partial charge in [-0.05, 0) is 306 Å². The molecule has 24 aromatic carbocycles. The number of para-hydroxylation sites is 2. The highest BCUT2D eigenvalue weighted by atomic mass is 16.4. The van der Waals surface area contributed by atoms with Crippen LogP contribution in [-0.2, 0) is 0 Å². The Morgan fingerprint density at radius 3 is 0.547 bits per heavy atom. The van der Waals surface area contributed by atoms with Gasteiger partial charge >= 0.3 is 0 Å². The van der Waals surface area contributed by atoms with Crippen molar-refractivity contribution >= 4 is 308 Å². The summed E-state index contributed by atoms with van der Waals surface area (Å²) in [5.41, 5.74) is 28.2. The van der Waals surface area contributed by atoms with Crippen molar-refractivity contribution in [1.29, 1.82) is 0 Å². The van der Waals surface area contributed by atoms with Crippen LogP contribution in [0.3, 0.4) is 0 Å². The Labute approximate surface area is 857 Å². The molecule has 0 saturated heterocycles. The number of fused-ring (bicyclic) bond motifs is 34. The van der Waals surface area contributed by atoms with Gasteiger partial charge in [0.25, 0.3) is 0 Å². The van der Waals surface area contributed by atoms with Crippen molar-refractivity contribution in [2.75, 3.05) is 19.6 Å². The highest BCUT2D eigenvalue weighted by molar-refractivity contribution is 6.25. The molecule has 0 unspecified atom stereocenters. The van der Waals surface area contributed by atoms with Crippen LogP contribution in [0.2, 0.25) is 0 Å². The maximum atomic E-state index is 6.83. The number of hydrogen-bond acceptors (Lipinski definition) is 12. The van der Waals surface area contributed by atoms with Crippen LogP contribution < -0.4 is 19.6 Å². The summed E-state index contributed by atoms with van der Waals surface area (Å²) in [5.74, 6) is 0.834. The Kier molecular flexibility index (Phi) is 18.7. The summed E-state index contributed by atoms with van der Waals surface area (Å²) < 4.78 is 53.5. The molecule has 0 saturated carbocycles. The van der Waals surface area contributed by atoms with E-state index in [0.717, 1.165) is 265 Å². The molecule has 32 aromatic rings. The number of rotatable bonds is 14. The lowest BCUT2D eigenvalue weighted by atomic mass is 10.0. The zero-order valence-corrected chi connectivity index (χ0v) is 81.9. The lowest BCUT2D eigenvalue weighted by molar-refractivity contribution is 0.668. The number of furan rings is 8. The molecule has 8 aromatic heterocycles. The molecule has 0 amide bonds. The van der Waals surface area contributed by atoms with Gasteiger partial charge in [0, 0.05) is 203 Å². The molecule has 0 aliphatic carbocycles. The molecule has 12 nitrogen and oxygen atoms in total. The normalized spacial score (nSPS) is 12.3. The van der Waals surface area contributed by atoms with E-state index in [-0.39, 0.29) is 0 Å². The Balaban J connectivity index is 0.000000135. The van der Waals surface area contributed by atoms with E-state index < -0.39 is 0 Å². The van der Waals surface area contributed by atoms with Gasteiger partial charge in [0.15, 0.2) is 0 Å². The topological polar surface area (TPSA) is 118 Å².